The summed E-state index contributed by atoms with van der Waals surface area (Å²) in [6.45, 7) is 0. The van der Waals surface area contributed by atoms with Crippen LogP contribution in [0.4, 0.5) is 0 Å². The molecule has 7 heavy (non-hydrogen) atoms. The first-order valence-corrected chi connectivity index (χ1v) is 2.70. The van der Waals surface area contributed by atoms with E-state index < -0.39 is 0 Å². The smallest absolute Gasteiger partial charge is 0.0223 e. The summed E-state index contributed by atoms with van der Waals surface area (Å²) in [6, 6.07) is 0. The average molecular weight is 143 g/mol. The molecule has 0 bridgehead atoms. The fourth-order valence-electron chi connectivity index (χ4n) is 0.213. The number of nitrogens with zero attached hydrogens (tertiary/aromatic N) is 1. The van der Waals surface area contributed by atoms with Gasteiger partial charge in [0.25, 0.3) is 0 Å². The molecule has 0 aromatic carbocycles. The van der Waals surface area contributed by atoms with Gasteiger partial charge in [-0.25, -0.2) is 0 Å². The van der Waals surface area contributed by atoms with Gasteiger partial charge in [-0.3, -0.25) is 0 Å². The van der Waals surface area contributed by atoms with Crippen molar-refractivity contribution in [2.45, 2.75) is 0 Å². The van der Waals surface area contributed by atoms with Crippen molar-refractivity contribution in [3.8, 4) is 0 Å². The van der Waals surface area contributed by atoms with Crippen molar-refractivity contribution in [1.29, 1.82) is 0 Å². The van der Waals surface area contributed by atoms with Crippen LogP contribution in [0.1, 0.15) is 0 Å². The molecule has 0 spiro atoms. The zero-order valence-electron chi connectivity index (χ0n) is 3.96. The second-order valence-electron chi connectivity index (χ2n) is 0.810. The molecule has 0 saturated heterocycles. The van der Waals surface area contributed by atoms with E-state index >= 15 is 0 Å². The van der Waals surface area contributed by atoms with E-state index in [1.165, 1.54) is 11.9 Å². The molecule has 0 atom stereocenters. The molecule has 35 valence electrons. The Morgan fingerprint density at radius 3 is 2.57 bits per heavy atom. The summed E-state index contributed by atoms with van der Waals surface area (Å²) >= 11 is 5.42. The largest absolute Gasteiger partial charge is 0.306 e. The molecule has 1 radical (unpaired) electrons. The minimum atomic E-state index is 0. The van der Waals surface area contributed by atoms with Crippen LogP contribution in [0.15, 0.2) is 11.6 Å². The quantitative estimate of drug-likeness (QED) is 0.290. The molecule has 1 N–H and O–H groups in total. The molecule has 5 heteroatoms. The van der Waals surface area contributed by atoms with E-state index in [0.717, 1.165) is 0 Å². The second kappa shape index (κ2) is 4.12. The summed E-state index contributed by atoms with van der Waals surface area (Å²) in [5.41, 5.74) is 2.80. The van der Waals surface area contributed by atoms with Crippen LogP contribution in [0.2, 0.25) is 0 Å². The first-order valence-electron chi connectivity index (χ1n) is 1.46. The summed E-state index contributed by atoms with van der Waals surface area (Å²) in [7, 11) is 0. The SMILES string of the molecule is SN1NC=CS1.[Na]. The Morgan fingerprint density at radius 1 is 1.71 bits per heavy atom. The Hall–Kier alpha value is 1.20. The molecule has 0 saturated carbocycles. The molecule has 0 unspecified atom stereocenters. The molecular weight excluding hydrogens is 139 g/mol. The fourth-order valence-corrected chi connectivity index (χ4v) is 0.801. The van der Waals surface area contributed by atoms with Crippen molar-refractivity contribution >= 4 is 54.3 Å². The number of rotatable bonds is 0. The second-order valence-corrected chi connectivity index (χ2v) is 2.33. The van der Waals surface area contributed by atoms with E-state index in [4.69, 9.17) is 0 Å². The van der Waals surface area contributed by atoms with Gasteiger partial charge >= 0.3 is 0 Å². The molecule has 1 rings (SSSR count). The number of hydrogen-bond donors (Lipinski definition) is 2. The van der Waals surface area contributed by atoms with E-state index in [-0.39, 0.29) is 29.6 Å². The van der Waals surface area contributed by atoms with Crippen LogP contribution >= 0.6 is 24.8 Å². The van der Waals surface area contributed by atoms with Crippen LogP contribution in [-0.2, 0) is 0 Å². The first-order chi connectivity index (χ1) is 2.89. The van der Waals surface area contributed by atoms with Gasteiger partial charge in [-0.1, -0.05) is 12.8 Å². The van der Waals surface area contributed by atoms with Crippen LogP contribution in [0.3, 0.4) is 0 Å². The van der Waals surface area contributed by atoms with Gasteiger partial charge in [-0.15, -0.1) is 3.82 Å². The Kier molecular flexibility index (Phi) is 4.82. The van der Waals surface area contributed by atoms with Crippen molar-refractivity contribution in [2.24, 2.45) is 0 Å². The standard InChI is InChI=1S/C2H4N2S2.Na/c5-4-3-1-2-6-4;/h1-3,5H;. The van der Waals surface area contributed by atoms with Crippen molar-refractivity contribution in [2.75, 3.05) is 0 Å². The minimum absolute atomic E-state index is 0. The Labute approximate surface area is 74.7 Å². The topological polar surface area (TPSA) is 15.3 Å². The number of hydrazine groups is 1. The first kappa shape index (κ1) is 8.20. The fraction of sp³-hybridized carbons (Fsp3) is 0. The van der Waals surface area contributed by atoms with Gasteiger partial charge in [-0.05, 0) is 11.9 Å². The third-order valence-corrected chi connectivity index (χ3v) is 1.37. The third kappa shape index (κ3) is 2.90. The van der Waals surface area contributed by atoms with Gasteiger partial charge in [0.2, 0.25) is 0 Å². The van der Waals surface area contributed by atoms with E-state index in [1.807, 2.05) is 11.6 Å². The maximum atomic E-state index is 3.92. The molecule has 1 heterocycles. The summed E-state index contributed by atoms with van der Waals surface area (Å²) in [5.74, 6) is 0. The van der Waals surface area contributed by atoms with Gasteiger partial charge in [-0.2, -0.15) is 0 Å². The maximum Gasteiger partial charge on any atom is 0.0223 e. The van der Waals surface area contributed by atoms with E-state index in [0.29, 0.717) is 0 Å². The Morgan fingerprint density at radius 2 is 2.43 bits per heavy atom. The summed E-state index contributed by atoms with van der Waals surface area (Å²) in [4.78, 5) is 0. The molecule has 0 aromatic rings. The van der Waals surface area contributed by atoms with Crippen LogP contribution < -0.4 is 5.43 Å². The van der Waals surface area contributed by atoms with Crippen LogP contribution in [0.25, 0.3) is 0 Å². The normalized spacial score (nSPS) is 18.4. The van der Waals surface area contributed by atoms with E-state index in [1.54, 1.807) is 3.82 Å². The third-order valence-electron chi connectivity index (χ3n) is 0.414. The Balaban J connectivity index is 0.000000360. The minimum Gasteiger partial charge on any atom is -0.306 e. The van der Waals surface area contributed by atoms with Crippen molar-refractivity contribution in [3.05, 3.63) is 11.6 Å². The number of hydrogen-bond acceptors (Lipinski definition) is 4. The van der Waals surface area contributed by atoms with Crippen LogP contribution in [-0.4, -0.2) is 33.4 Å². The Bertz CT molecular complexity index is 68.1. The number of nitrogens with one attached hydrogen (secondary N) is 1. The van der Waals surface area contributed by atoms with Gasteiger partial charge in [0.1, 0.15) is 0 Å². The molecule has 0 aliphatic carbocycles. The van der Waals surface area contributed by atoms with Gasteiger partial charge in [0.05, 0.1) is 0 Å². The predicted molar refractivity (Wildman–Crippen MR) is 36.4 cm³/mol. The molecule has 0 aromatic heterocycles. The van der Waals surface area contributed by atoms with Crippen LogP contribution in [0, 0.1) is 0 Å². The number of thiol groups is 1. The van der Waals surface area contributed by atoms with Gasteiger partial charge in [0, 0.05) is 41.2 Å². The average Bonchev–Trinajstić information content (AvgIpc) is 1.86. The van der Waals surface area contributed by atoms with Crippen LogP contribution in [0.5, 0.6) is 0 Å². The van der Waals surface area contributed by atoms with Crippen molar-refractivity contribution in [3.63, 3.8) is 0 Å². The van der Waals surface area contributed by atoms with Crippen molar-refractivity contribution < 1.29 is 0 Å². The molecule has 1 aliphatic heterocycles. The summed E-state index contributed by atoms with van der Waals surface area (Å²) < 4.78 is 1.61. The zero-order chi connectivity index (χ0) is 4.41. The summed E-state index contributed by atoms with van der Waals surface area (Å²) in [6.07, 6.45) is 1.82. The molecule has 1 aliphatic rings. The monoisotopic (exact) mass is 143 g/mol. The molecular formula is C2H4N2NaS2. The molecule has 2 nitrogen and oxygen atoms in total. The molecule has 0 fully saturated rings. The predicted octanol–water partition coefficient (Wildman–Crippen LogP) is 0.390. The van der Waals surface area contributed by atoms with Gasteiger partial charge < -0.3 is 5.43 Å². The van der Waals surface area contributed by atoms with E-state index in [9.17, 15) is 0 Å². The van der Waals surface area contributed by atoms with E-state index in [2.05, 4.69) is 18.2 Å². The maximum absolute atomic E-state index is 3.92. The zero-order valence-corrected chi connectivity index (χ0v) is 7.67. The van der Waals surface area contributed by atoms with Crippen molar-refractivity contribution in [1.82, 2.24) is 9.25 Å². The summed E-state index contributed by atoms with van der Waals surface area (Å²) in [5, 5.41) is 1.91. The van der Waals surface area contributed by atoms with Gasteiger partial charge in [0.15, 0.2) is 0 Å². The molecule has 0 amide bonds.